The summed E-state index contributed by atoms with van der Waals surface area (Å²) in [5.74, 6) is 1.72. The van der Waals surface area contributed by atoms with E-state index in [0.29, 0.717) is 11.3 Å². The van der Waals surface area contributed by atoms with Crippen LogP contribution in [0.15, 0.2) is 115 Å². The molecule has 262 valence electrons. The smallest absolute Gasteiger partial charge is 0.306 e. The van der Waals surface area contributed by atoms with E-state index in [2.05, 4.69) is 52.9 Å². The highest BCUT2D eigenvalue weighted by molar-refractivity contribution is 7.86. The predicted octanol–water partition coefficient (Wildman–Crippen LogP) is 9.91. The van der Waals surface area contributed by atoms with E-state index in [1.54, 1.807) is 26.4 Å². The van der Waals surface area contributed by atoms with Gasteiger partial charge in [0.15, 0.2) is 0 Å². The maximum absolute atomic E-state index is 12.6. The van der Waals surface area contributed by atoms with Crippen LogP contribution in [0.1, 0.15) is 63.0 Å². The summed E-state index contributed by atoms with van der Waals surface area (Å²) >= 11 is 0. The lowest BCUT2D eigenvalue weighted by Crippen LogP contribution is -2.15. The van der Waals surface area contributed by atoms with Gasteiger partial charge < -0.3 is 19.0 Å². The lowest BCUT2D eigenvalue weighted by molar-refractivity contribution is 0.102. The van der Waals surface area contributed by atoms with Gasteiger partial charge in [-0.05, 0) is 81.6 Å². The zero-order chi connectivity index (χ0) is 36.7. The minimum atomic E-state index is -3.59. The van der Waals surface area contributed by atoms with Crippen molar-refractivity contribution in [2.75, 3.05) is 25.8 Å². The summed E-state index contributed by atoms with van der Waals surface area (Å²) < 4.78 is 39.0. The monoisotopic (exact) mass is 693 g/mol. The molecule has 0 bridgehead atoms. The fraction of sp³-hybridized carbons (Fsp3) is 0.262. The number of methoxy groups -OCH3 is 2. The highest BCUT2D eigenvalue weighted by Crippen LogP contribution is 2.37. The molecule has 0 aliphatic rings. The zero-order valence-electron chi connectivity index (χ0n) is 30.3. The summed E-state index contributed by atoms with van der Waals surface area (Å²) in [6.07, 6.45) is 1.04. The van der Waals surface area contributed by atoms with Crippen molar-refractivity contribution in [2.24, 2.45) is 0 Å². The second-order valence-electron chi connectivity index (χ2n) is 14.1. The Labute approximate surface area is 297 Å². The first-order chi connectivity index (χ1) is 23.5. The number of carbonyl (C=O) groups excluding carboxylic acids is 1. The van der Waals surface area contributed by atoms with Crippen molar-refractivity contribution in [1.82, 2.24) is 0 Å². The second-order valence-corrected chi connectivity index (χ2v) is 15.6. The number of benzene rings is 5. The van der Waals surface area contributed by atoms with Crippen LogP contribution < -0.4 is 19.0 Å². The van der Waals surface area contributed by atoms with Crippen LogP contribution in [0, 0.1) is 0 Å². The van der Waals surface area contributed by atoms with Gasteiger partial charge >= 0.3 is 10.1 Å². The number of hydrogen-bond acceptors (Lipinski definition) is 6. The molecule has 1 amide bonds. The van der Waals surface area contributed by atoms with Crippen LogP contribution in [0.2, 0.25) is 0 Å². The SMILES string of the molecule is COc1ccccc1-c1cc(NC(=O)c2ccccc2)cc(C(C)(C)C)c1.COc1ccccc1-c1cc(OS(C)(=O)=O)cc(C(C)(C)C)c1. The quantitative estimate of drug-likeness (QED) is 0.163. The number of hydrogen-bond donors (Lipinski definition) is 1. The average Bonchev–Trinajstić information content (AvgIpc) is 3.07. The molecule has 0 aliphatic carbocycles. The van der Waals surface area contributed by atoms with Crippen molar-refractivity contribution in [3.05, 3.63) is 132 Å². The second kappa shape index (κ2) is 15.6. The van der Waals surface area contributed by atoms with Crippen LogP contribution in [-0.2, 0) is 20.9 Å². The molecule has 8 heteroatoms. The average molecular weight is 694 g/mol. The molecule has 0 aromatic heterocycles. The maximum Gasteiger partial charge on any atom is 0.306 e. The molecule has 0 saturated carbocycles. The van der Waals surface area contributed by atoms with Crippen molar-refractivity contribution >= 4 is 21.7 Å². The molecule has 0 unspecified atom stereocenters. The Balaban J connectivity index is 0.000000228. The van der Waals surface area contributed by atoms with Gasteiger partial charge in [-0.3, -0.25) is 4.79 Å². The third-order valence-electron chi connectivity index (χ3n) is 7.95. The number of para-hydroxylation sites is 2. The molecular formula is C42H47NO6S. The van der Waals surface area contributed by atoms with Crippen molar-refractivity contribution < 1.29 is 26.9 Å². The zero-order valence-corrected chi connectivity index (χ0v) is 31.1. The van der Waals surface area contributed by atoms with Gasteiger partial charge in [0.2, 0.25) is 0 Å². The van der Waals surface area contributed by atoms with Gasteiger partial charge in [0.25, 0.3) is 5.91 Å². The van der Waals surface area contributed by atoms with Gasteiger partial charge in [0.1, 0.15) is 17.2 Å². The third kappa shape index (κ3) is 10.2. The normalized spacial score (nSPS) is 11.5. The molecule has 0 fully saturated rings. The van der Waals surface area contributed by atoms with Crippen molar-refractivity contribution in [1.29, 1.82) is 0 Å². The molecule has 0 aliphatic heterocycles. The Morgan fingerprint density at radius 1 is 0.600 bits per heavy atom. The molecule has 5 rings (SSSR count). The van der Waals surface area contributed by atoms with Crippen LogP contribution >= 0.6 is 0 Å². The highest BCUT2D eigenvalue weighted by atomic mass is 32.2. The number of rotatable bonds is 8. The summed E-state index contributed by atoms with van der Waals surface area (Å²) in [6.45, 7) is 12.7. The summed E-state index contributed by atoms with van der Waals surface area (Å²) in [4.78, 5) is 12.6. The Morgan fingerprint density at radius 3 is 1.54 bits per heavy atom. The Hall–Kier alpha value is -5.08. The first kappa shape index (κ1) is 37.7. The number of amides is 1. The van der Waals surface area contributed by atoms with E-state index in [1.165, 1.54) is 0 Å². The van der Waals surface area contributed by atoms with Gasteiger partial charge in [0, 0.05) is 22.4 Å². The minimum Gasteiger partial charge on any atom is -0.496 e. The van der Waals surface area contributed by atoms with E-state index in [1.807, 2.05) is 97.1 Å². The molecule has 0 saturated heterocycles. The Bertz CT molecular complexity index is 2040. The van der Waals surface area contributed by atoms with Gasteiger partial charge in [-0.15, -0.1) is 0 Å². The van der Waals surface area contributed by atoms with Crippen LogP contribution in [-0.4, -0.2) is 34.8 Å². The minimum absolute atomic E-state index is 0.0513. The predicted molar refractivity (Wildman–Crippen MR) is 204 cm³/mol. The largest absolute Gasteiger partial charge is 0.496 e. The summed E-state index contributed by atoms with van der Waals surface area (Å²) in [6, 6.07) is 36.5. The Morgan fingerprint density at radius 2 is 1.06 bits per heavy atom. The number of anilines is 1. The van der Waals surface area contributed by atoms with Crippen LogP contribution in [0.4, 0.5) is 5.69 Å². The lowest BCUT2D eigenvalue weighted by atomic mass is 9.85. The topological polar surface area (TPSA) is 90.9 Å². The van der Waals surface area contributed by atoms with E-state index in [0.717, 1.165) is 56.8 Å². The summed E-state index contributed by atoms with van der Waals surface area (Å²) in [5.41, 5.74) is 7.11. The number of ether oxygens (including phenoxy) is 2. The van der Waals surface area contributed by atoms with E-state index >= 15 is 0 Å². The van der Waals surface area contributed by atoms with E-state index < -0.39 is 10.1 Å². The molecule has 5 aromatic rings. The molecule has 5 aromatic carbocycles. The standard InChI is InChI=1S/C24H25NO2.C18H22O4S/c1-24(2,3)19-14-18(21-12-8-9-13-22(21)27-4)15-20(16-19)25-23(26)17-10-6-5-7-11-17;1-18(2,3)14-10-13(11-15(12-14)22-23(5,19)20)16-8-6-7-9-17(16)21-4/h5-16H,1-4H3,(H,25,26);6-12H,1-5H3. The van der Waals surface area contributed by atoms with Crippen molar-refractivity contribution in [3.8, 4) is 39.5 Å². The van der Waals surface area contributed by atoms with Gasteiger partial charge in [-0.1, -0.05) is 108 Å². The molecule has 1 N–H and O–H groups in total. The molecule has 50 heavy (non-hydrogen) atoms. The van der Waals surface area contributed by atoms with Crippen LogP contribution in [0.25, 0.3) is 22.3 Å². The van der Waals surface area contributed by atoms with Crippen LogP contribution in [0.3, 0.4) is 0 Å². The first-order valence-corrected chi connectivity index (χ1v) is 18.1. The maximum atomic E-state index is 12.6. The van der Waals surface area contributed by atoms with E-state index in [9.17, 15) is 13.2 Å². The van der Waals surface area contributed by atoms with Crippen molar-refractivity contribution in [2.45, 2.75) is 52.4 Å². The third-order valence-corrected chi connectivity index (χ3v) is 8.44. The molecule has 0 heterocycles. The van der Waals surface area contributed by atoms with E-state index in [-0.39, 0.29) is 16.7 Å². The Kier molecular flexibility index (Phi) is 11.8. The van der Waals surface area contributed by atoms with Crippen molar-refractivity contribution in [3.63, 3.8) is 0 Å². The number of nitrogens with one attached hydrogen (secondary N) is 1. The molecule has 0 spiro atoms. The molecule has 0 atom stereocenters. The van der Waals surface area contributed by atoms with E-state index in [4.69, 9.17) is 13.7 Å². The van der Waals surface area contributed by atoms with Gasteiger partial charge in [-0.2, -0.15) is 8.42 Å². The first-order valence-electron chi connectivity index (χ1n) is 16.3. The fourth-order valence-electron chi connectivity index (χ4n) is 5.26. The lowest BCUT2D eigenvalue weighted by Gasteiger charge is -2.22. The highest BCUT2D eigenvalue weighted by Gasteiger charge is 2.20. The fourth-order valence-corrected chi connectivity index (χ4v) is 5.70. The summed E-state index contributed by atoms with van der Waals surface area (Å²) in [5, 5.41) is 3.04. The van der Waals surface area contributed by atoms with Gasteiger partial charge in [-0.25, -0.2) is 0 Å². The molecule has 7 nitrogen and oxygen atoms in total. The van der Waals surface area contributed by atoms with Gasteiger partial charge in [0.05, 0.1) is 20.5 Å². The molecule has 0 radical (unpaired) electrons. The molecular weight excluding hydrogens is 647 g/mol. The number of carbonyl (C=O) groups is 1. The summed E-state index contributed by atoms with van der Waals surface area (Å²) in [7, 11) is -0.303. The van der Waals surface area contributed by atoms with Crippen LogP contribution in [0.5, 0.6) is 17.2 Å².